The maximum absolute atomic E-state index is 5.87. The fraction of sp³-hybridized carbons (Fsp3) is 0.316. The van der Waals surface area contributed by atoms with E-state index in [2.05, 4.69) is 39.3 Å². The Morgan fingerprint density at radius 2 is 2.04 bits per heavy atom. The number of aromatic amines is 1. The summed E-state index contributed by atoms with van der Waals surface area (Å²) in [6.45, 7) is 3.26. The number of likely N-dealkylation sites (tertiary alicyclic amines) is 1. The average molecular weight is 306 g/mol. The quantitative estimate of drug-likeness (QED) is 0.728. The number of benzene rings is 1. The van der Waals surface area contributed by atoms with Crippen molar-refractivity contribution < 1.29 is 0 Å². The third-order valence-electron chi connectivity index (χ3n) is 4.87. The number of hydrogen-bond donors (Lipinski definition) is 2. The molecule has 0 amide bonds. The van der Waals surface area contributed by atoms with Gasteiger partial charge < -0.3 is 10.7 Å². The fourth-order valence-corrected chi connectivity index (χ4v) is 3.67. The molecule has 4 heteroatoms. The van der Waals surface area contributed by atoms with Crippen molar-refractivity contribution in [3.05, 3.63) is 59.9 Å². The zero-order chi connectivity index (χ0) is 15.6. The van der Waals surface area contributed by atoms with E-state index in [1.807, 2.05) is 24.4 Å². The van der Waals surface area contributed by atoms with Crippen LogP contribution in [0.2, 0.25) is 0 Å². The lowest BCUT2D eigenvalue weighted by Gasteiger charge is -2.32. The Balaban J connectivity index is 1.43. The topological polar surface area (TPSA) is 57.9 Å². The van der Waals surface area contributed by atoms with Gasteiger partial charge in [0.05, 0.1) is 0 Å². The van der Waals surface area contributed by atoms with E-state index in [9.17, 15) is 0 Å². The predicted octanol–water partition coefficient (Wildman–Crippen LogP) is 3.52. The molecule has 23 heavy (non-hydrogen) atoms. The molecule has 0 atom stereocenters. The average Bonchev–Trinajstić information content (AvgIpc) is 3.00. The second-order valence-corrected chi connectivity index (χ2v) is 6.44. The van der Waals surface area contributed by atoms with Gasteiger partial charge in [-0.1, -0.05) is 12.1 Å². The van der Waals surface area contributed by atoms with E-state index in [1.165, 1.54) is 29.4 Å². The molecule has 3 aromatic rings. The van der Waals surface area contributed by atoms with Crippen molar-refractivity contribution in [1.82, 2.24) is 14.9 Å². The summed E-state index contributed by atoms with van der Waals surface area (Å²) in [5.74, 6) is 0.630. The third kappa shape index (κ3) is 2.94. The van der Waals surface area contributed by atoms with Crippen LogP contribution < -0.4 is 5.73 Å². The number of nitrogens with zero attached hydrogens (tertiary/aromatic N) is 2. The van der Waals surface area contributed by atoms with Crippen molar-refractivity contribution in [3.63, 3.8) is 0 Å². The monoisotopic (exact) mass is 306 g/mol. The molecule has 0 bridgehead atoms. The Labute approximate surface area is 136 Å². The Bertz CT molecular complexity index is 800. The lowest BCUT2D eigenvalue weighted by Crippen LogP contribution is -2.32. The normalized spacial score (nSPS) is 16.9. The highest BCUT2D eigenvalue weighted by Crippen LogP contribution is 2.32. The first kappa shape index (κ1) is 14.3. The summed E-state index contributed by atoms with van der Waals surface area (Å²) in [6.07, 6.45) is 6.39. The zero-order valence-corrected chi connectivity index (χ0v) is 13.2. The fourth-order valence-electron chi connectivity index (χ4n) is 3.67. The van der Waals surface area contributed by atoms with Gasteiger partial charge in [0, 0.05) is 30.0 Å². The van der Waals surface area contributed by atoms with Gasteiger partial charge in [0.1, 0.15) is 5.65 Å². The van der Waals surface area contributed by atoms with Gasteiger partial charge in [-0.15, -0.1) is 0 Å². The Hall–Kier alpha value is -2.33. The van der Waals surface area contributed by atoms with E-state index in [0.717, 1.165) is 31.0 Å². The number of piperidine rings is 1. The largest absolute Gasteiger partial charge is 0.399 e. The smallest absolute Gasteiger partial charge is 0.137 e. The summed E-state index contributed by atoms with van der Waals surface area (Å²) in [7, 11) is 0. The van der Waals surface area contributed by atoms with E-state index in [1.54, 1.807) is 0 Å². The van der Waals surface area contributed by atoms with Crippen LogP contribution in [0.1, 0.15) is 29.9 Å². The second kappa shape index (κ2) is 6.05. The number of nitrogens with two attached hydrogens (primary N) is 1. The SMILES string of the molecule is Nc1cccc(CN2CCC(c3c[nH]c4ncccc34)CC2)c1. The number of hydrogen-bond acceptors (Lipinski definition) is 3. The van der Waals surface area contributed by atoms with Crippen molar-refractivity contribution in [3.8, 4) is 0 Å². The molecule has 1 saturated heterocycles. The van der Waals surface area contributed by atoms with Gasteiger partial charge >= 0.3 is 0 Å². The van der Waals surface area contributed by atoms with Crippen LogP contribution in [0, 0.1) is 0 Å². The van der Waals surface area contributed by atoms with Gasteiger partial charge in [-0.25, -0.2) is 4.98 Å². The van der Waals surface area contributed by atoms with Crippen LogP contribution in [0.15, 0.2) is 48.8 Å². The minimum atomic E-state index is 0.630. The summed E-state index contributed by atoms with van der Waals surface area (Å²) in [4.78, 5) is 10.2. The van der Waals surface area contributed by atoms with Crippen LogP contribution in [0.5, 0.6) is 0 Å². The van der Waals surface area contributed by atoms with Gasteiger partial charge in [0.2, 0.25) is 0 Å². The molecule has 118 valence electrons. The van der Waals surface area contributed by atoms with Crippen molar-refractivity contribution in [2.24, 2.45) is 0 Å². The molecule has 2 aromatic heterocycles. The Morgan fingerprint density at radius 3 is 2.87 bits per heavy atom. The molecule has 3 N–H and O–H groups in total. The standard InChI is InChI=1S/C19H22N4/c20-16-4-1-3-14(11-16)13-23-9-6-15(7-10-23)18-12-22-19-17(18)5-2-8-21-19/h1-5,8,11-12,15H,6-7,9-10,13,20H2,(H,21,22). The molecule has 1 aliphatic heterocycles. The molecule has 3 heterocycles. The molecule has 4 nitrogen and oxygen atoms in total. The number of aromatic nitrogens is 2. The van der Waals surface area contributed by atoms with Gasteiger partial charge in [-0.05, 0) is 67.2 Å². The van der Waals surface area contributed by atoms with Crippen LogP contribution in [0.3, 0.4) is 0 Å². The molecular formula is C19H22N4. The van der Waals surface area contributed by atoms with Crippen LogP contribution in [0.4, 0.5) is 5.69 Å². The minimum absolute atomic E-state index is 0.630. The van der Waals surface area contributed by atoms with Crippen LogP contribution in [-0.4, -0.2) is 28.0 Å². The summed E-state index contributed by atoms with van der Waals surface area (Å²) in [5.41, 5.74) is 10.5. The number of anilines is 1. The number of nitrogens with one attached hydrogen (secondary N) is 1. The molecule has 1 aromatic carbocycles. The minimum Gasteiger partial charge on any atom is -0.399 e. The number of fused-ring (bicyclic) bond motifs is 1. The molecule has 0 spiro atoms. The summed E-state index contributed by atoms with van der Waals surface area (Å²) >= 11 is 0. The van der Waals surface area contributed by atoms with E-state index in [4.69, 9.17) is 5.73 Å². The highest BCUT2D eigenvalue weighted by Gasteiger charge is 2.22. The summed E-state index contributed by atoms with van der Waals surface area (Å²) in [6, 6.07) is 12.4. The van der Waals surface area contributed by atoms with E-state index in [0.29, 0.717) is 5.92 Å². The molecule has 0 radical (unpaired) electrons. The van der Waals surface area contributed by atoms with Crippen molar-refractivity contribution in [2.75, 3.05) is 18.8 Å². The molecule has 0 aliphatic carbocycles. The highest BCUT2D eigenvalue weighted by molar-refractivity contribution is 5.80. The zero-order valence-electron chi connectivity index (χ0n) is 13.2. The maximum atomic E-state index is 5.87. The van der Waals surface area contributed by atoms with E-state index in [-0.39, 0.29) is 0 Å². The number of H-pyrrole nitrogens is 1. The number of pyridine rings is 1. The first-order valence-electron chi connectivity index (χ1n) is 8.28. The van der Waals surface area contributed by atoms with Gasteiger partial charge in [0.15, 0.2) is 0 Å². The highest BCUT2D eigenvalue weighted by atomic mass is 15.1. The third-order valence-corrected chi connectivity index (χ3v) is 4.87. The van der Waals surface area contributed by atoms with E-state index < -0.39 is 0 Å². The van der Waals surface area contributed by atoms with Crippen molar-refractivity contribution in [2.45, 2.75) is 25.3 Å². The molecular weight excluding hydrogens is 284 g/mol. The first-order chi connectivity index (χ1) is 11.3. The number of rotatable bonds is 3. The van der Waals surface area contributed by atoms with Crippen molar-refractivity contribution in [1.29, 1.82) is 0 Å². The second-order valence-electron chi connectivity index (χ2n) is 6.44. The molecule has 4 rings (SSSR count). The summed E-state index contributed by atoms with van der Waals surface area (Å²) in [5, 5.41) is 1.28. The maximum Gasteiger partial charge on any atom is 0.137 e. The van der Waals surface area contributed by atoms with Crippen LogP contribution in [-0.2, 0) is 6.54 Å². The van der Waals surface area contributed by atoms with Crippen LogP contribution in [0.25, 0.3) is 11.0 Å². The molecule has 1 aliphatic rings. The van der Waals surface area contributed by atoms with Crippen molar-refractivity contribution >= 4 is 16.7 Å². The molecule has 0 unspecified atom stereocenters. The van der Waals surface area contributed by atoms with Gasteiger partial charge in [-0.3, -0.25) is 4.90 Å². The number of nitrogen functional groups attached to an aromatic ring is 1. The van der Waals surface area contributed by atoms with Gasteiger partial charge in [0.25, 0.3) is 0 Å². The van der Waals surface area contributed by atoms with Gasteiger partial charge in [-0.2, -0.15) is 0 Å². The molecule has 1 fully saturated rings. The van der Waals surface area contributed by atoms with Crippen LogP contribution >= 0.6 is 0 Å². The lowest BCUT2D eigenvalue weighted by molar-refractivity contribution is 0.205. The molecule has 0 saturated carbocycles. The van der Waals surface area contributed by atoms with E-state index >= 15 is 0 Å². The lowest BCUT2D eigenvalue weighted by atomic mass is 9.89. The first-order valence-corrected chi connectivity index (χ1v) is 8.28. The Morgan fingerprint density at radius 1 is 1.17 bits per heavy atom. The Kier molecular flexibility index (Phi) is 3.75. The summed E-state index contributed by atoms with van der Waals surface area (Å²) < 4.78 is 0. The predicted molar refractivity (Wildman–Crippen MR) is 94.2 cm³/mol.